The summed E-state index contributed by atoms with van der Waals surface area (Å²) in [6.45, 7) is 5.38. The van der Waals surface area contributed by atoms with Crippen LogP contribution in [0.1, 0.15) is 73.8 Å². The van der Waals surface area contributed by atoms with Crippen LogP contribution in [0, 0.1) is 11.7 Å². The second kappa shape index (κ2) is 15.5. The van der Waals surface area contributed by atoms with Gasteiger partial charge in [-0.3, -0.25) is 19.6 Å². The van der Waals surface area contributed by atoms with E-state index >= 15 is 0 Å². The van der Waals surface area contributed by atoms with Crippen LogP contribution < -0.4 is 15.4 Å². The Hall–Kier alpha value is -3.93. The number of methoxy groups -OCH3 is 1. The summed E-state index contributed by atoms with van der Waals surface area (Å²) in [5, 5.41) is 15.6. The number of unbranched alkanes of at least 4 members (excludes halogenated alkanes) is 2. The maximum absolute atomic E-state index is 14.6. The molecule has 2 atom stereocenters. The van der Waals surface area contributed by atoms with E-state index in [1.807, 2.05) is 6.92 Å². The fourth-order valence-corrected chi connectivity index (χ4v) is 4.15. The van der Waals surface area contributed by atoms with Crippen LogP contribution in [0.2, 0.25) is 0 Å². The van der Waals surface area contributed by atoms with Crippen molar-refractivity contribution in [2.24, 2.45) is 5.92 Å². The number of furan rings is 1. The zero-order chi connectivity index (χ0) is 28.9. The van der Waals surface area contributed by atoms with Crippen molar-refractivity contribution in [2.75, 3.05) is 20.4 Å². The first kappa shape index (κ1) is 31.3. The van der Waals surface area contributed by atoms with E-state index in [0.29, 0.717) is 17.9 Å². The summed E-state index contributed by atoms with van der Waals surface area (Å²) in [5.74, 6) is -3.56. The molecule has 0 fully saturated rings. The molecule has 1 aromatic carbocycles. The number of hydrogen-bond acceptors (Lipinski definition) is 8. The second-order valence-corrected chi connectivity index (χ2v) is 8.71. The van der Waals surface area contributed by atoms with E-state index in [1.165, 1.54) is 24.3 Å². The molecule has 11 nitrogen and oxygen atoms in total. The Morgan fingerprint density at radius 1 is 1.15 bits per heavy atom. The van der Waals surface area contributed by atoms with Gasteiger partial charge in [-0.2, -0.15) is 0 Å². The fourth-order valence-electron chi connectivity index (χ4n) is 4.15. The van der Waals surface area contributed by atoms with Gasteiger partial charge in [-0.05, 0) is 44.0 Å². The molecule has 0 saturated carbocycles. The van der Waals surface area contributed by atoms with Gasteiger partial charge >= 0.3 is 5.97 Å². The molecular formula is C27H36FN3O8. The van der Waals surface area contributed by atoms with E-state index in [1.54, 1.807) is 13.8 Å². The number of esters is 1. The summed E-state index contributed by atoms with van der Waals surface area (Å²) in [5.41, 5.74) is -0.0599. The van der Waals surface area contributed by atoms with Crippen molar-refractivity contribution >= 4 is 24.2 Å². The standard InChI is InChI=1S/C27H36FN3O8/c1-5-8-9-10-18(20(6-2)31(36)16-32)25(33)29-15-30-26(34)22-12-11-21(39-22)17-13-19(27(35)37-4)24(28)23(14-17)38-7-3/h11-14,16,18,20,36H,5-10,15H2,1-4H3,(H,29,33)(H,30,34)/t18-,20-/m1/s1. The Labute approximate surface area is 226 Å². The molecule has 1 heterocycles. The average molecular weight is 550 g/mol. The van der Waals surface area contributed by atoms with Crippen molar-refractivity contribution in [3.63, 3.8) is 0 Å². The molecule has 3 amide bonds. The molecule has 0 spiro atoms. The first-order chi connectivity index (χ1) is 18.7. The predicted octanol–water partition coefficient (Wildman–Crippen LogP) is 3.90. The molecule has 0 aliphatic carbocycles. The highest BCUT2D eigenvalue weighted by Gasteiger charge is 2.30. The number of ether oxygens (including phenoxy) is 2. The lowest BCUT2D eigenvalue weighted by atomic mass is 9.90. The molecule has 0 radical (unpaired) electrons. The van der Waals surface area contributed by atoms with Crippen LogP contribution in [0.5, 0.6) is 5.75 Å². The number of rotatable bonds is 16. The average Bonchev–Trinajstić information content (AvgIpc) is 3.43. The van der Waals surface area contributed by atoms with E-state index in [2.05, 4.69) is 15.4 Å². The van der Waals surface area contributed by atoms with Gasteiger partial charge in [0, 0.05) is 5.56 Å². The Bertz CT molecular complexity index is 1140. The molecule has 214 valence electrons. The van der Waals surface area contributed by atoms with Crippen LogP contribution in [0.25, 0.3) is 11.3 Å². The lowest BCUT2D eigenvalue weighted by Crippen LogP contribution is -2.47. The van der Waals surface area contributed by atoms with Crippen molar-refractivity contribution in [3.8, 4) is 17.1 Å². The van der Waals surface area contributed by atoms with E-state index in [0.717, 1.165) is 26.4 Å². The smallest absolute Gasteiger partial charge is 0.341 e. The molecule has 1 aromatic heterocycles. The van der Waals surface area contributed by atoms with E-state index in [9.17, 15) is 28.8 Å². The van der Waals surface area contributed by atoms with Crippen LogP contribution in [-0.2, 0) is 14.3 Å². The van der Waals surface area contributed by atoms with Gasteiger partial charge in [-0.1, -0.05) is 33.1 Å². The summed E-state index contributed by atoms with van der Waals surface area (Å²) >= 11 is 0. The second-order valence-electron chi connectivity index (χ2n) is 8.71. The summed E-state index contributed by atoms with van der Waals surface area (Å²) in [7, 11) is 1.13. The van der Waals surface area contributed by atoms with Crippen LogP contribution >= 0.6 is 0 Å². The Balaban J connectivity index is 2.11. The minimum atomic E-state index is -0.897. The van der Waals surface area contributed by atoms with Crippen LogP contribution in [-0.4, -0.2) is 60.9 Å². The molecule has 0 bridgehead atoms. The highest BCUT2D eigenvalue weighted by molar-refractivity contribution is 5.93. The third kappa shape index (κ3) is 8.28. The summed E-state index contributed by atoms with van der Waals surface area (Å²) in [4.78, 5) is 48.6. The Morgan fingerprint density at radius 3 is 2.51 bits per heavy atom. The summed E-state index contributed by atoms with van der Waals surface area (Å²) < 4.78 is 30.1. The van der Waals surface area contributed by atoms with Crippen LogP contribution in [0.15, 0.2) is 28.7 Å². The number of benzene rings is 1. The Kier molecular flexibility index (Phi) is 12.4. The molecule has 0 unspecified atom stereocenters. The molecule has 3 N–H and O–H groups in total. The number of halogens is 1. The van der Waals surface area contributed by atoms with Crippen molar-refractivity contribution in [2.45, 2.75) is 58.9 Å². The highest BCUT2D eigenvalue weighted by atomic mass is 19.1. The van der Waals surface area contributed by atoms with Crippen LogP contribution in [0.3, 0.4) is 0 Å². The third-order valence-corrected chi connectivity index (χ3v) is 6.16. The zero-order valence-corrected chi connectivity index (χ0v) is 22.6. The molecule has 12 heteroatoms. The molecule has 39 heavy (non-hydrogen) atoms. The van der Waals surface area contributed by atoms with Crippen molar-refractivity contribution in [1.82, 2.24) is 15.7 Å². The molecule has 0 saturated heterocycles. The molecular weight excluding hydrogens is 513 g/mol. The van der Waals surface area contributed by atoms with E-state index in [4.69, 9.17) is 9.15 Å². The summed E-state index contributed by atoms with van der Waals surface area (Å²) in [6.07, 6.45) is 3.69. The number of nitrogens with zero attached hydrogens (tertiary/aromatic N) is 1. The first-order valence-electron chi connectivity index (χ1n) is 12.8. The SMILES string of the molecule is CCCCC[C@@H](C(=O)NCNC(=O)c1ccc(-c2cc(OCC)c(F)c(C(=O)OC)c2)o1)[C@@H](CC)N(O)C=O. The molecule has 2 aromatic rings. The minimum Gasteiger partial charge on any atom is -0.491 e. The van der Waals surface area contributed by atoms with Crippen molar-refractivity contribution < 1.29 is 42.7 Å². The van der Waals surface area contributed by atoms with Crippen molar-refractivity contribution in [1.29, 1.82) is 0 Å². The zero-order valence-electron chi connectivity index (χ0n) is 22.6. The first-order valence-corrected chi connectivity index (χ1v) is 12.8. The lowest BCUT2D eigenvalue weighted by Gasteiger charge is -2.29. The Morgan fingerprint density at radius 2 is 1.90 bits per heavy atom. The lowest BCUT2D eigenvalue weighted by molar-refractivity contribution is -0.168. The van der Waals surface area contributed by atoms with Gasteiger partial charge < -0.3 is 24.5 Å². The van der Waals surface area contributed by atoms with Gasteiger partial charge in [0.15, 0.2) is 17.3 Å². The predicted molar refractivity (Wildman–Crippen MR) is 138 cm³/mol. The van der Waals surface area contributed by atoms with Gasteiger partial charge in [-0.25, -0.2) is 14.2 Å². The normalized spacial score (nSPS) is 12.3. The highest BCUT2D eigenvalue weighted by Crippen LogP contribution is 2.31. The van der Waals surface area contributed by atoms with E-state index in [-0.39, 0.29) is 48.1 Å². The van der Waals surface area contributed by atoms with Crippen LogP contribution in [0.4, 0.5) is 4.39 Å². The minimum absolute atomic E-state index is 0.0884. The van der Waals surface area contributed by atoms with Gasteiger partial charge in [0.05, 0.1) is 37.9 Å². The molecule has 0 aliphatic heterocycles. The fraction of sp³-hybridized carbons (Fsp3) is 0.481. The topological polar surface area (TPSA) is 147 Å². The number of hydroxylamine groups is 2. The van der Waals surface area contributed by atoms with Crippen molar-refractivity contribution in [3.05, 3.63) is 41.4 Å². The van der Waals surface area contributed by atoms with Gasteiger partial charge in [0.1, 0.15) is 5.76 Å². The van der Waals surface area contributed by atoms with Gasteiger partial charge in [0.2, 0.25) is 12.3 Å². The number of amides is 3. The maximum atomic E-state index is 14.6. The van der Waals surface area contributed by atoms with Gasteiger partial charge in [-0.15, -0.1) is 0 Å². The number of carbonyl (C=O) groups is 4. The number of nitrogens with one attached hydrogen (secondary N) is 2. The molecule has 2 rings (SSSR count). The quantitative estimate of drug-likeness (QED) is 0.0713. The monoisotopic (exact) mass is 549 g/mol. The number of hydrogen-bond donors (Lipinski definition) is 3. The van der Waals surface area contributed by atoms with Gasteiger partial charge in [0.25, 0.3) is 5.91 Å². The maximum Gasteiger partial charge on any atom is 0.341 e. The third-order valence-electron chi connectivity index (χ3n) is 6.16. The largest absolute Gasteiger partial charge is 0.491 e. The molecule has 0 aliphatic rings. The number of carbonyl (C=O) groups excluding carboxylic acids is 4. The summed E-state index contributed by atoms with van der Waals surface area (Å²) in [6, 6.07) is 4.75. The van der Waals surface area contributed by atoms with E-state index < -0.39 is 35.6 Å².